The Hall–Kier alpha value is -1.24. The number of aldehydes is 1. The molecule has 0 amide bonds. The Bertz CT molecular complexity index is 149. The first kappa shape index (κ1) is 6.76. The number of halogens is 1. The molecule has 0 aromatic rings. The molecule has 42 valence electrons. The van der Waals surface area contributed by atoms with E-state index in [1.807, 2.05) is 0 Å². The van der Waals surface area contributed by atoms with Crippen molar-refractivity contribution in [1.82, 2.24) is 0 Å². The first-order valence-corrected chi connectivity index (χ1v) is 1.76. The minimum Gasteiger partial charge on any atom is -0.301 e. The van der Waals surface area contributed by atoms with Crippen LogP contribution < -0.4 is 0 Å². The van der Waals surface area contributed by atoms with E-state index in [4.69, 9.17) is 5.26 Å². The molecule has 0 bridgehead atoms. The number of carbonyl (C=O) groups is 2. The van der Waals surface area contributed by atoms with E-state index in [2.05, 4.69) is 0 Å². The lowest BCUT2D eigenvalue weighted by Crippen LogP contribution is -2.07. The minimum atomic E-state index is -1.90. The van der Waals surface area contributed by atoms with Crippen LogP contribution in [0.25, 0.3) is 0 Å². The largest absolute Gasteiger partial charge is 0.325 e. The quantitative estimate of drug-likeness (QED) is 0.285. The molecule has 0 radical (unpaired) electrons. The summed E-state index contributed by atoms with van der Waals surface area (Å²) < 4.78 is 11.3. The van der Waals surface area contributed by atoms with Gasteiger partial charge in [0.1, 0.15) is 6.29 Å². The summed E-state index contributed by atoms with van der Waals surface area (Å²) in [4.78, 5) is 19.0. The van der Waals surface area contributed by atoms with Gasteiger partial charge in [-0.3, -0.25) is 4.79 Å². The molecule has 0 aliphatic heterocycles. The van der Waals surface area contributed by atoms with Gasteiger partial charge in [-0.1, -0.05) is 0 Å². The third-order valence-corrected chi connectivity index (χ3v) is 0.520. The van der Waals surface area contributed by atoms with Gasteiger partial charge < -0.3 is 4.79 Å². The van der Waals surface area contributed by atoms with Crippen LogP contribution in [-0.2, 0) is 9.59 Å². The van der Waals surface area contributed by atoms with E-state index in [1.54, 1.807) is 0 Å². The molecule has 0 fully saturated rings. The van der Waals surface area contributed by atoms with E-state index in [1.165, 1.54) is 0 Å². The lowest BCUT2D eigenvalue weighted by atomic mass is 10.2. The highest BCUT2D eigenvalue weighted by molar-refractivity contribution is 5.89. The van der Waals surface area contributed by atoms with Crippen molar-refractivity contribution in [2.75, 3.05) is 0 Å². The molecule has 0 spiro atoms. The Labute approximate surface area is 44.7 Å². The van der Waals surface area contributed by atoms with Crippen LogP contribution in [0.2, 0.25) is 0 Å². The fourth-order valence-corrected chi connectivity index (χ4v) is 0.135. The van der Waals surface area contributed by atoms with Gasteiger partial charge in [-0.15, -0.1) is 0 Å². The summed E-state index contributed by atoms with van der Waals surface area (Å²) >= 11 is 0. The Kier molecular flexibility index (Phi) is 2.41. The lowest BCUT2D eigenvalue weighted by molar-refractivity contribution is -0.134. The molecular weight excluding hydrogens is 113 g/mol. The highest BCUT2D eigenvalue weighted by Gasteiger charge is 2.14. The van der Waals surface area contributed by atoms with Crippen LogP contribution in [0, 0.1) is 17.2 Å². The average Bonchev–Trinajstić information content (AvgIpc) is 1.69. The second-order valence-corrected chi connectivity index (χ2v) is 1.05. The molecule has 0 N–H and O–H groups in total. The molecule has 0 aliphatic carbocycles. The van der Waals surface area contributed by atoms with Crippen LogP contribution in [0.5, 0.6) is 0 Å². The molecule has 8 heavy (non-hydrogen) atoms. The molecule has 4 heteroatoms. The standard InChI is InChI=1S/C4H2FNO2/c5-4(8)3(1-6)2-7/h2-3H. The van der Waals surface area contributed by atoms with Crippen molar-refractivity contribution in [2.24, 2.45) is 5.92 Å². The zero-order chi connectivity index (χ0) is 6.57. The lowest BCUT2D eigenvalue weighted by Gasteiger charge is -1.82. The van der Waals surface area contributed by atoms with Crippen molar-refractivity contribution in [2.45, 2.75) is 0 Å². The van der Waals surface area contributed by atoms with Crippen molar-refractivity contribution in [3.63, 3.8) is 0 Å². The van der Waals surface area contributed by atoms with Crippen molar-refractivity contribution in [1.29, 1.82) is 5.26 Å². The van der Waals surface area contributed by atoms with Crippen LogP contribution in [0.15, 0.2) is 0 Å². The van der Waals surface area contributed by atoms with Crippen LogP contribution in [-0.4, -0.2) is 12.3 Å². The molecule has 1 atom stereocenters. The summed E-state index contributed by atoms with van der Waals surface area (Å²) in [5.74, 6) is -1.73. The SMILES string of the molecule is N#CC(C=O)C(=O)F. The zero-order valence-corrected chi connectivity index (χ0v) is 3.80. The summed E-state index contributed by atoms with van der Waals surface area (Å²) in [5.41, 5.74) is 0. The van der Waals surface area contributed by atoms with Gasteiger partial charge in [-0.05, 0) is 0 Å². The van der Waals surface area contributed by atoms with Crippen molar-refractivity contribution >= 4 is 12.3 Å². The van der Waals surface area contributed by atoms with Crippen molar-refractivity contribution in [3.05, 3.63) is 0 Å². The van der Waals surface area contributed by atoms with Gasteiger partial charge in [-0.25, -0.2) is 0 Å². The molecular formula is C4H2FNO2. The topological polar surface area (TPSA) is 57.9 Å². The van der Waals surface area contributed by atoms with Gasteiger partial charge in [0, 0.05) is 0 Å². The molecule has 1 unspecified atom stereocenters. The number of carbonyl (C=O) groups excluding carboxylic acids is 2. The molecule has 0 aromatic heterocycles. The maximum absolute atomic E-state index is 11.3. The second-order valence-electron chi connectivity index (χ2n) is 1.05. The smallest absolute Gasteiger partial charge is 0.301 e. The second kappa shape index (κ2) is 2.86. The maximum atomic E-state index is 11.3. The third kappa shape index (κ3) is 1.47. The Morgan fingerprint density at radius 2 is 2.38 bits per heavy atom. The van der Waals surface area contributed by atoms with Gasteiger partial charge in [0.2, 0.25) is 0 Å². The molecule has 0 aliphatic rings. The highest BCUT2D eigenvalue weighted by atomic mass is 19.1. The van der Waals surface area contributed by atoms with Crippen LogP contribution in [0.3, 0.4) is 0 Å². The third-order valence-electron chi connectivity index (χ3n) is 0.520. The minimum absolute atomic E-state index is 0.0394. The van der Waals surface area contributed by atoms with Crippen LogP contribution >= 0.6 is 0 Å². The van der Waals surface area contributed by atoms with Crippen LogP contribution in [0.4, 0.5) is 4.39 Å². The van der Waals surface area contributed by atoms with Gasteiger partial charge >= 0.3 is 6.04 Å². The predicted octanol–water partition coefficient (Wildman–Crippen LogP) is -0.179. The zero-order valence-electron chi connectivity index (χ0n) is 3.80. The molecule has 0 saturated heterocycles. The molecule has 0 rings (SSSR count). The molecule has 3 nitrogen and oxygen atoms in total. The van der Waals surface area contributed by atoms with Gasteiger partial charge in [0.05, 0.1) is 6.07 Å². The monoisotopic (exact) mass is 115 g/mol. The predicted molar refractivity (Wildman–Crippen MR) is 21.3 cm³/mol. The summed E-state index contributed by atoms with van der Waals surface area (Å²) in [6, 6.07) is -0.742. The van der Waals surface area contributed by atoms with E-state index in [0.29, 0.717) is 0 Å². The maximum Gasteiger partial charge on any atom is 0.325 e. The highest BCUT2D eigenvalue weighted by Crippen LogP contribution is 1.90. The Morgan fingerprint density at radius 1 is 1.88 bits per heavy atom. The summed E-state index contributed by atoms with van der Waals surface area (Å²) in [7, 11) is 0. The first-order chi connectivity index (χ1) is 3.72. The van der Waals surface area contributed by atoms with Crippen molar-refractivity contribution < 1.29 is 14.0 Å². The van der Waals surface area contributed by atoms with Crippen LogP contribution in [0.1, 0.15) is 0 Å². The number of nitriles is 1. The normalized spacial score (nSPS) is 11.5. The van der Waals surface area contributed by atoms with E-state index in [-0.39, 0.29) is 6.29 Å². The van der Waals surface area contributed by atoms with Gasteiger partial charge in [-0.2, -0.15) is 9.65 Å². The molecule has 0 heterocycles. The average molecular weight is 115 g/mol. The number of hydrogen-bond donors (Lipinski definition) is 0. The van der Waals surface area contributed by atoms with E-state index in [9.17, 15) is 14.0 Å². The van der Waals surface area contributed by atoms with E-state index in [0.717, 1.165) is 6.07 Å². The fourth-order valence-electron chi connectivity index (χ4n) is 0.135. The fraction of sp³-hybridized carbons (Fsp3) is 0.250. The summed E-state index contributed by atoms with van der Waals surface area (Å²) in [6.45, 7) is 0. The van der Waals surface area contributed by atoms with E-state index >= 15 is 0 Å². The summed E-state index contributed by atoms with van der Waals surface area (Å²) in [5, 5.41) is 7.75. The number of hydrogen-bond acceptors (Lipinski definition) is 3. The number of nitrogens with zero attached hydrogens (tertiary/aromatic N) is 1. The number of rotatable bonds is 2. The molecule has 0 aromatic carbocycles. The Balaban J connectivity index is 3.95. The Morgan fingerprint density at radius 3 is 2.38 bits per heavy atom. The van der Waals surface area contributed by atoms with E-state index < -0.39 is 12.0 Å². The van der Waals surface area contributed by atoms with Gasteiger partial charge in [0.15, 0.2) is 5.92 Å². The summed E-state index contributed by atoms with van der Waals surface area (Å²) in [6.07, 6.45) is -0.0394. The first-order valence-electron chi connectivity index (χ1n) is 1.76. The molecule has 0 saturated carbocycles. The van der Waals surface area contributed by atoms with Gasteiger partial charge in [0.25, 0.3) is 0 Å². The van der Waals surface area contributed by atoms with Crippen molar-refractivity contribution in [3.8, 4) is 6.07 Å².